The summed E-state index contributed by atoms with van der Waals surface area (Å²) in [7, 11) is 0. The molecule has 1 aliphatic rings. The third-order valence-corrected chi connectivity index (χ3v) is 6.02. The van der Waals surface area contributed by atoms with Gasteiger partial charge in [0, 0.05) is 6.54 Å². The minimum absolute atomic E-state index is 0.147. The van der Waals surface area contributed by atoms with E-state index in [0.717, 1.165) is 24.0 Å². The minimum Gasteiger partial charge on any atom is -0.480 e. The molecule has 1 heterocycles. The Morgan fingerprint density at radius 1 is 1.06 bits per heavy atom. The molecule has 2 aromatic rings. The standard InChI is InChI=1S/C26H32N2O5/c1-19(26(32)33-18-21-12-6-3-7-13-21)28-17-9-8-14-22(24(28)29)27-23(25(30)31)16-15-20-10-4-2-5-11-20/h2-7,10-13,19,22-23,27H,8-9,14-18H2,1H3,(H,30,31). The molecular weight excluding hydrogens is 420 g/mol. The Morgan fingerprint density at radius 2 is 1.70 bits per heavy atom. The van der Waals surface area contributed by atoms with Gasteiger partial charge in [0.2, 0.25) is 5.91 Å². The van der Waals surface area contributed by atoms with Crippen molar-refractivity contribution < 1.29 is 24.2 Å². The number of likely N-dealkylation sites (tertiary alicyclic amines) is 1. The van der Waals surface area contributed by atoms with E-state index in [2.05, 4.69) is 5.32 Å². The van der Waals surface area contributed by atoms with Crippen molar-refractivity contribution >= 4 is 17.8 Å². The Labute approximate surface area is 194 Å². The van der Waals surface area contributed by atoms with Crippen molar-refractivity contribution in [1.29, 1.82) is 0 Å². The van der Waals surface area contributed by atoms with E-state index < -0.39 is 30.1 Å². The van der Waals surface area contributed by atoms with E-state index in [1.165, 1.54) is 4.90 Å². The van der Waals surface area contributed by atoms with Crippen LogP contribution in [0.5, 0.6) is 0 Å². The summed E-state index contributed by atoms with van der Waals surface area (Å²) >= 11 is 0. The monoisotopic (exact) mass is 452 g/mol. The van der Waals surface area contributed by atoms with Gasteiger partial charge in [0.1, 0.15) is 18.7 Å². The van der Waals surface area contributed by atoms with Crippen LogP contribution in [0.4, 0.5) is 0 Å². The third-order valence-electron chi connectivity index (χ3n) is 6.02. The van der Waals surface area contributed by atoms with Crippen molar-refractivity contribution in [2.24, 2.45) is 0 Å². The van der Waals surface area contributed by atoms with Gasteiger partial charge in [0.15, 0.2) is 0 Å². The Kier molecular flexibility index (Phi) is 9.01. The van der Waals surface area contributed by atoms with Crippen LogP contribution in [0.3, 0.4) is 0 Å². The van der Waals surface area contributed by atoms with Gasteiger partial charge < -0.3 is 14.7 Å². The molecule has 0 bridgehead atoms. The molecule has 1 amide bonds. The maximum absolute atomic E-state index is 13.3. The van der Waals surface area contributed by atoms with Gasteiger partial charge >= 0.3 is 11.9 Å². The van der Waals surface area contributed by atoms with E-state index in [1.54, 1.807) is 6.92 Å². The van der Waals surface area contributed by atoms with Crippen LogP contribution in [0.15, 0.2) is 60.7 Å². The Morgan fingerprint density at radius 3 is 2.33 bits per heavy atom. The summed E-state index contributed by atoms with van der Waals surface area (Å²) in [5.41, 5.74) is 1.93. The molecule has 3 atom stereocenters. The van der Waals surface area contributed by atoms with Gasteiger partial charge in [0.25, 0.3) is 0 Å². The fourth-order valence-electron chi connectivity index (χ4n) is 4.06. The normalized spacial score (nSPS) is 18.3. The molecule has 1 aliphatic heterocycles. The van der Waals surface area contributed by atoms with E-state index in [-0.39, 0.29) is 12.5 Å². The second-order valence-electron chi connectivity index (χ2n) is 8.43. The van der Waals surface area contributed by atoms with Gasteiger partial charge in [-0.25, -0.2) is 4.79 Å². The van der Waals surface area contributed by atoms with Crippen molar-refractivity contribution in [2.45, 2.75) is 63.8 Å². The molecule has 176 valence electrons. The first kappa shape index (κ1) is 24.5. The molecule has 3 rings (SSSR count). The van der Waals surface area contributed by atoms with Crippen LogP contribution in [0.25, 0.3) is 0 Å². The molecule has 0 aromatic heterocycles. The summed E-state index contributed by atoms with van der Waals surface area (Å²) in [6, 6.07) is 16.8. The van der Waals surface area contributed by atoms with Crippen LogP contribution < -0.4 is 5.32 Å². The van der Waals surface area contributed by atoms with E-state index >= 15 is 0 Å². The number of hydrogen-bond acceptors (Lipinski definition) is 5. The average Bonchev–Trinajstić information content (AvgIpc) is 3.02. The smallest absolute Gasteiger partial charge is 0.328 e. The fourth-order valence-corrected chi connectivity index (χ4v) is 4.06. The molecule has 0 aliphatic carbocycles. The highest BCUT2D eigenvalue weighted by molar-refractivity contribution is 5.88. The van der Waals surface area contributed by atoms with E-state index in [1.807, 2.05) is 60.7 Å². The van der Waals surface area contributed by atoms with Gasteiger partial charge in [-0.15, -0.1) is 0 Å². The number of aryl methyl sites for hydroxylation is 1. The number of nitrogens with zero attached hydrogens (tertiary/aromatic N) is 1. The lowest BCUT2D eigenvalue weighted by Crippen LogP contribution is -2.54. The summed E-state index contributed by atoms with van der Waals surface area (Å²) in [5.74, 6) is -1.70. The third kappa shape index (κ3) is 7.15. The van der Waals surface area contributed by atoms with E-state index in [9.17, 15) is 19.5 Å². The van der Waals surface area contributed by atoms with Crippen LogP contribution in [-0.4, -0.2) is 52.5 Å². The molecule has 7 heteroatoms. The first-order valence-corrected chi connectivity index (χ1v) is 11.5. The number of rotatable bonds is 10. The summed E-state index contributed by atoms with van der Waals surface area (Å²) in [5, 5.41) is 12.8. The van der Waals surface area contributed by atoms with Crippen molar-refractivity contribution in [2.75, 3.05) is 6.54 Å². The maximum Gasteiger partial charge on any atom is 0.328 e. The van der Waals surface area contributed by atoms with Crippen molar-refractivity contribution in [3.05, 3.63) is 71.8 Å². The van der Waals surface area contributed by atoms with Crippen LogP contribution in [0.2, 0.25) is 0 Å². The first-order chi connectivity index (χ1) is 16.0. The fraction of sp³-hybridized carbons (Fsp3) is 0.423. The zero-order chi connectivity index (χ0) is 23.6. The van der Waals surface area contributed by atoms with Crippen LogP contribution >= 0.6 is 0 Å². The lowest BCUT2D eigenvalue weighted by atomic mass is 10.0. The molecule has 2 N–H and O–H groups in total. The van der Waals surface area contributed by atoms with Gasteiger partial charge in [-0.3, -0.25) is 14.9 Å². The van der Waals surface area contributed by atoms with Gasteiger partial charge in [-0.05, 0) is 50.2 Å². The summed E-state index contributed by atoms with van der Waals surface area (Å²) < 4.78 is 5.43. The van der Waals surface area contributed by atoms with Crippen molar-refractivity contribution in [3.8, 4) is 0 Å². The van der Waals surface area contributed by atoms with Crippen molar-refractivity contribution in [1.82, 2.24) is 10.2 Å². The molecule has 33 heavy (non-hydrogen) atoms. The number of ether oxygens (including phenoxy) is 1. The molecule has 1 saturated heterocycles. The molecule has 7 nitrogen and oxygen atoms in total. The SMILES string of the molecule is CC(C(=O)OCc1ccccc1)N1CCCCC(NC(CCc2ccccc2)C(=O)O)C1=O. The van der Waals surface area contributed by atoms with Crippen LogP contribution in [-0.2, 0) is 32.1 Å². The number of esters is 1. The molecule has 0 spiro atoms. The van der Waals surface area contributed by atoms with Gasteiger partial charge in [-0.2, -0.15) is 0 Å². The Balaban J connectivity index is 1.60. The zero-order valence-electron chi connectivity index (χ0n) is 19.0. The second-order valence-corrected chi connectivity index (χ2v) is 8.43. The minimum atomic E-state index is -0.982. The van der Waals surface area contributed by atoms with Crippen LogP contribution in [0.1, 0.15) is 43.7 Å². The highest BCUT2D eigenvalue weighted by Crippen LogP contribution is 2.18. The lowest BCUT2D eigenvalue weighted by molar-refractivity contribution is -0.156. The highest BCUT2D eigenvalue weighted by atomic mass is 16.5. The van der Waals surface area contributed by atoms with Crippen LogP contribution in [0, 0.1) is 0 Å². The first-order valence-electron chi connectivity index (χ1n) is 11.5. The Bertz CT molecular complexity index is 919. The number of nitrogens with one attached hydrogen (secondary N) is 1. The zero-order valence-corrected chi connectivity index (χ0v) is 19.0. The van der Waals surface area contributed by atoms with Gasteiger partial charge in [0.05, 0.1) is 6.04 Å². The quantitative estimate of drug-likeness (QED) is 0.538. The number of carbonyl (C=O) groups is 3. The number of carboxylic acid groups (broad SMARTS) is 1. The van der Waals surface area contributed by atoms with E-state index in [4.69, 9.17) is 4.74 Å². The molecule has 2 aromatic carbocycles. The highest BCUT2D eigenvalue weighted by Gasteiger charge is 2.35. The predicted molar refractivity (Wildman–Crippen MR) is 124 cm³/mol. The summed E-state index contributed by atoms with van der Waals surface area (Å²) in [4.78, 5) is 39.3. The summed E-state index contributed by atoms with van der Waals surface area (Å²) in [6.07, 6.45) is 3.03. The number of carboxylic acids is 1. The van der Waals surface area contributed by atoms with Crippen molar-refractivity contribution in [3.63, 3.8) is 0 Å². The second kappa shape index (κ2) is 12.2. The number of carbonyl (C=O) groups excluding carboxylic acids is 2. The number of amides is 1. The number of benzene rings is 2. The largest absolute Gasteiger partial charge is 0.480 e. The molecule has 0 saturated carbocycles. The topological polar surface area (TPSA) is 95.9 Å². The molecule has 3 unspecified atom stereocenters. The summed E-state index contributed by atoms with van der Waals surface area (Å²) in [6.45, 7) is 2.26. The number of hydrogen-bond donors (Lipinski definition) is 2. The Hall–Kier alpha value is -3.19. The average molecular weight is 453 g/mol. The predicted octanol–water partition coefficient (Wildman–Crippen LogP) is 3.18. The molecule has 1 fully saturated rings. The van der Waals surface area contributed by atoms with E-state index in [0.29, 0.717) is 25.8 Å². The molecule has 0 radical (unpaired) electrons. The maximum atomic E-state index is 13.3. The number of aliphatic carboxylic acids is 1. The molecular formula is C26H32N2O5. The van der Waals surface area contributed by atoms with Gasteiger partial charge in [-0.1, -0.05) is 60.7 Å². The lowest BCUT2D eigenvalue weighted by Gasteiger charge is -2.30.